The molecule has 0 amide bonds. The first-order valence-electron chi connectivity index (χ1n) is 4.49. The second-order valence-corrected chi connectivity index (χ2v) is 4.90. The predicted molar refractivity (Wildman–Crippen MR) is 49.6 cm³/mol. The Morgan fingerprint density at radius 1 is 1.09 bits per heavy atom. The van der Waals surface area contributed by atoms with Gasteiger partial charge in [0.1, 0.15) is 0 Å². The molecule has 0 bridgehead atoms. The molecule has 0 rings (SSSR count). The summed E-state index contributed by atoms with van der Waals surface area (Å²) in [5.41, 5.74) is -0.230. The second-order valence-electron chi connectivity index (χ2n) is 4.90. The van der Waals surface area contributed by atoms with Crippen LogP contribution in [0.3, 0.4) is 0 Å². The van der Waals surface area contributed by atoms with Gasteiger partial charge in [-0.3, -0.25) is 0 Å². The van der Waals surface area contributed by atoms with E-state index < -0.39 is 5.60 Å². The largest absolute Gasteiger partial charge is 0.390 e. The molecular weight excluding hydrogens is 136 g/mol. The van der Waals surface area contributed by atoms with Gasteiger partial charge in [-0.05, 0) is 32.1 Å². The van der Waals surface area contributed by atoms with Crippen LogP contribution < -0.4 is 0 Å². The van der Waals surface area contributed by atoms with Crippen molar-refractivity contribution >= 4 is 0 Å². The highest BCUT2D eigenvalue weighted by atomic mass is 16.3. The maximum absolute atomic E-state index is 9.58. The molecule has 0 radical (unpaired) electrons. The zero-order valence-corrected chi connectivity index (χ0v) is 8.57. The van der Waals surface area contributed by atoms with E-state index in [1.807, 2.05) is 13.8 Å². The summed E-state index contributed by atoms with van der Waals surface area (Å²) in [6.07, 6.45) is 3.27. The Balaban J connectivity index is 3.91. The van der Waals surface area contributed by atoms with Crippen molar-refractivity contribution in [3.63, 3.8) is 0 Å². The third-order valence-electron chi connectivity index (χ3n) is 1.84. The third kappa shape index (κ3) is 6.36. The quantitative estimate of drug-likeness (QED) is 0.667. The smallest absolute Gasteiger partial charge is 0.0596 e. The van der Waals surface area contributed by atoms with Gasteiger partial charge in [-0.2, -0.15) is 0 Å². The Hall–Kier alpha value is -0.0400. The molecule has 1 nitrogen and oxygen atoms in total. The molecular formula is C10H22O. The molecule has 1 N–H and O–H groups in total. The summed E-state index contributed by atoms with van der Waals surface area (Å²) in [7, 11) is 0. The molecule has 0 atom stereocenters. The fraction of sp³-hybridized carbons (Fsp3) is 1.00. The highest BCUT2D eigenvalue weighted by Gasteiger charge is 2.25. The van der Waals surface area contributed by atoms with Crippen LogP contribution in [0.4, 0.5) is 0 Å². The van der Waals surface area contributed by atoms with Gasteiger partial charge in [-0.25, -0.2) is 0 Å². The van der Waals surface area contributed by atoms with Crippen molar-refractivity contribution in [3.8, 4) is 0 Å². The Kier molecular flexibility index (Phi) is 3.56. The highest BCUT2D eigenvalue weighted by molar-refractivity contribution is 4.77. The summed E-state index contributed by atoms with van der Waals surface area (Å²) in [4.78, 5) is 0. The van der Waals surface area contributed by atoms with Crippen LogP contribution >= 0.6 is 0 Å². The molecule has 0 spiro atoms. The fourth-order valence-electron chi connectivity index (χ4n) is 1.94. The molecule has 0 aliphatic rings. The molecule has 0 fully saturated rings. The number of aliphatic hydroxyl groups is 1. The zero-order valence-electron chi connectivity index (χ0n) is 8.57. The van der Waals surface area contributed by atoms with E-state index in [2.05, 4.69) is 20.8 Å². The van der Waals surface area contributed by atoms with Crippen LogP contribution in [0, 0.1) is 5.41 Å². The minimum absolute atomic E-state index is 0.285. The maximum Gasteiger partial charge on any atom is 0.0596 e. The van der Waals surface area contributed by atoms with Crippen molar-refractivity contribution in [2.75, 3.05) is 0 Å². The average molecular weight is 158 g/mol. The first-order chi connectivity index (χ1) is 4.77. The number of hydrogen-bond donors (Lipinski definition) is 1. The van der Waals surface area contributed by atoms with Gasteiger partial charge in [0.2, 0.25) is 0 Å². The molecule has 0 aromatic carbocycles. The average Bonchev–Trinajstić information content (AvgIpc) is 1.55. The van der Waals surface area contributed by atoms with Gasteiger partial charge >= 0.3 is 0 Å². The van der Waals surface area contributed by atoms with Gasteiger partial charge in [-0.1, -0.05) is 27.2 Å². The molecule has 0 saturated heterocycles. The number of hydrogen-bond acceptors (Lipinski definition) is 1. The lowest BCUT2D eigenvalue weighted by molar-refractivity contribution is 0.0292. The Morgan fingerprint density at radius 2 is 1.55 bits per heavy atom. The van der Waals surface area contributed by atoms with Crippen LogP contribution in [0.1, 0.15) is 53.9 Å². The molecule has 0 aliphatic carbocycles. The van der Waals surface area contributed by atoms with Crippen molar-refractivity contribution < 1.29 is 5.11 Å². The second kappa shape index (κ2) is 3.57. The van der Waals surface area contributed by atoms with Gasteiger partial charge in [0.05, 0.1) is 5.60 Å². The van der Waals surface area contributed by atoms with Crippen molar-refractivity contribution in [1.29, 1.82) is 0 Å². The van der Waals surface area contributed by atoms with Gasteiger partial charge in [0, 0.05) is 0 Å². The standard InChI is InChI=1S/C10H22O/c1-6-7-9(2,3)8-10(4,5)11/h11H,6-8H2,1-5H3. The minimum atomic E-state index is -0.515. The van der Waals surface area contributed by atoms with E-state index in [1.54, 1.807) is 0 Å². The summed E-state index contributed by atoms with van der Waals surface area (Å²) < 4.78 is 0. The number of rotatable bonds is 4. The molecule has 68 valence electrons. The van der Waals surface area contributed by atoms with E-state index in [0.717, 1.165) is 6.42 Å². The molecule has 0 aromatic rings. The first kappa shape index (κ1) is 11.0. The highest BCUT2D eigenvalue weighted by Crippen LogP contribution is 2.31. The van der Waals surface area contributed by atoms with Crippen molar-refractivity contribution in [1.82, 2.24) is 0 Å². The topological polar surface area (TPSA) is 20.2 Å². The third-order valence-corrected chi connectivity index (χ3v) is 1.84. The monoisotopic (exact) mass is 158 g/mol. The van der Waals surface area contributed by atoms with Gasteiger partial charge in [0.25, 0.3) is 0 Å². The van der Waals surface area contributed by atoms with E-state index in [9.17, 15) is 5.11 Å². The summed E-state index contributed by atoms with van der Waals surface area (Å²) in [6, 6.07) is 0. The van der Waals surface area contributed by atoms with Crippen LogP contribution in [0.2, 0.25) is 0 Å². The minimum Gasteiger partial charge on any atom is -0.390 e. The fourth-order valence-corrected chi connectivity index (χ4v) is 1.94. The lowest BCUT2D eigenvalue weighted by Gasteiger charge is -2.31. The normalized spacial score (nSPS) is 13.6. The van der Waals surface area contributed by atoms with Crippen molar-refractivity contribution in [2.24, 2.45) is 5.41 Å². The predicted octanol–water partition coefficient (Wildman–Crippen LogP) is 2.97. The van der Waals surface area contributed by atoms with Crippen LogP contribution in [-0.2, 0) is 0 Å². The Labute approximate surface area is 70.8 Å². The van der Waals surface area contributed by atoms with E-state index in [0.29, 0.717) is 0 Å². The van der Waals surface area contributed by atoms with Crippen LogP contribution in [0.5, 0.6) is 0 Å². The SMILES string of the molecule is CCCC(C)(C)CC(C)(C)O. The van der Waals surface area contributed by atoms with E-state index in [4.69, 9.17) is 0 Å². The van der Waals surface area contributed by atoms with E-state index in [-0.39, 0.29) is 5.41 Å². The molecule has 11 heavy (non-hydrogen) atoms. The lowest BCUT2D eigenvalue weighted by Crippen LogP contribution is -2.28. The van der Waals surface area contributed by atoms with Gasteiger partial charge in [0.15, 0.2) is 0 Å². The van der Waals surface area contributed by atoms with E-state index >= 15 is 0 Å². The summed E-state index contributed by atoms with van der Waals surface area (Å²) >= 11 is 0. The lowest BCUT2D eigenvalue weighted by atomic mass is 9.79. The van der Waals surface area contributed by atoms with Gasteiger partial charge in [-0.15, -0.1) is 0 Å². The Morgan fingerprint density at radius 3 is 1.82 bits per heavy atom. The maximum atomic E-state index is 9.58. The molecule has 0 aromatic heterocycles. The van der Waals surface area contributed by atoms with Gasteiger partial charge < -0.3 is 5.11 Å². The summed E-state index contributed by atoms with van der Waals surface area (Å²) in [5.74, 6) is 0. The molecule has 1 heteroatoms. The molecule has 0 unspecified atom stereocenters. The molecule has 0 heterocycles. The zero-order chi connectivity index (χ0) is 9.12. The van der Waals surface area contributed by atoms with E-state index in [1.165, 1.54) is 12.8 Å². The van der Waals surface area contributed by atoms with Crippen LogP contribution in [-0.4, -0.2) is 10.7 Å². The summed E-state index contributed by atoms with van der Waals surface area (Å²) in [6.45, 7) is 10.4. The van der Waals surface area contributed by atoms with Crippen LogP contribution in [0.25, 0.3) is 0 Å². The van der Waals surface area contributed by atoms with Crippen LogP contribution in [0.15, 0.2) is 0 Å². The van der Waals surface area contributed by atoms with Crippen molar-refractivity contribution in [3.05, 3.63) is 0 Å². The molecule has 0 aliphatic heterocycles. The summed E-state index contributed by atoms with van der Waals surface area (Å²) in [5, 5.41) is 9.58. The molecule has 0 saturated carbocycles. The Bertz CT molecular complexity index is 109. The van der Waals surface area contributed by atoms with Crippen molar-refractivity contribution in [2.45, 2.75) is 59.5 Å². The first-order valence-corrected chi connectivity index (χ1v) is 4.49.